The number of nitrogens with zero attached hydrogens (tertiary/aromatic N) is 1. The summed E-state index contributed by atoms with van der Waals surface area (Å²) in [5.74, 6) is -2.16. The Morgan fingerprint density at radius 1 is 0.906 bits per heavy atom. The van der Waals surface area contributed by atoms with Crippen molar-refractivity contribution < 1.29 is 33.4 Å². The average Bonchev–Trinajstić information content (AvgIpc) is 3.43. The summed E-state index contributed by atoms with van der Waals surface area (Å²) in [6.45, 7) is 3.10. The minimum atomic E-state index is -0.615. The third-order valence-electron chi connectivity index (χ3n) is 4.81. The van der Waals surface area contributed by atoms with Gasteiger partial charge in [-0.25, -0.2) is 14.4 Å². The quantitative estimate of drug-likeness (QED) is 0.304. The highest BCUT2D eigenvalue weighted by atomic mass is 32.1. The van der Waals surface area contributed by atoms with Crippen LogP contribution in [0.4, 0.5) is 0 Å². The zero-order valence-corrected chi connectivity index (χ0v) is 18.8. The zero-order chi connectivity index (χ0) is 23.4. The predicted octanol–water partition coefficient (Wildman–Crippen LogP) is 3.77. The predicted molar refractivity (Wildman–Crippen MR) is 117 cm³/mol. The summed E-state index contributed by atoms with van der Waals surface area (Å²) in [5.41, 5.74) is 2.43. The Hall–Kier alpha value is -3.72. The number of hydrogen-bond acceptors (Lipinski definition) is 8. The van der Waals surface area contributed by atoms with Crippen LogP contribution in [0.15, 0.2) is 41.8 Å². The summed E-state index contributed by atoms with van der Waals surface area (Å²) < 4.78 is 16.4. The van der Waals surface area contributed by atoms with Crippen molar-refractivity contribution >= 4 is 35.0 Å². The van der Waals surface area contributed by atoms with Crippen molar-refractivity contribution in [1.29, 1.82) is 0 Å². The molecule has 2 aromatic heterocycles. The van der Waals surface area contributed by atoms with E-state index in [1.165, 1.54) is 31.6 Å². The number of thiophene rings is 1. The second-order valence-corrected chi connectivity index (χ2v) is 7.80. The van der Waals surface area contributed by atoms with Crippen molar-refractivity contribution in [2.24, 2.45) is 0 Å². The van der Waals surface area contributed by atoms with Crippen molar-refractivity contribution in [3.63, 3.8) is 0 Å². The van der Waals surface area contributed by atoms with Crippen LogP contribution in [0.1, 0.15) is 52.1 Å². The number of ketones is 1. The molecule has 1 aromatic carbocycles. The molecule has 0 radical (unpaired) electrons. The first-order chi connectivity index (χ1) is 15.3. The molecular weight excluding hydrogens is 434 g/mol. The summed E-state index contributed by atoms with van der Waals surface area (Å²) in [6, 6.07) is 9.51. The molecule has 0 aliphatic carbocycles. The fourth-order valence-corrected chi connectivity index (χ4v) is 3.94. The topological polar surface area (TPSA) is 101 Å². The maximum Gasteiger partial charge on any atom is 0.348 e. The maximum absolute atomic E-state index is 12.7. The van der Waals surface area contributed by atoms with Crippen LogP contribution in [0.25, 0.3) is 5.69 Å². The second kappa shape index (κ2) is 9.61. The van der Waals surface area contributed by atoms with Gasteiger partial charge in [0.05, 0.1) is 25.3 Å². The largest absolute Gasteiger partial charge is 0.465 e. The number of rotatable bonds is 7. The second-order valence-electron chi connectivity index (χ2n) is 6.85. The van der Waals surface area contributed by atoms with Gasteiger partial charge in [0.25, 0.3) is 0 Å². The van der Waals surface area contributed by atoms with Crippen LogP contribution in [0.2, 0.25) is 0 Å². The van der Waals surface area contributed by atoms with Gasteiger partial charge in [-0.3, -0.25) is 4.79 Å². The minimum Gasteiger partial charge on any atom is -0.465 e. The first-order valence-electron chi connectivity index (χ1n) is 9.51. The van der Waals surface area contributed by atoms with Crippen LogP contribution in [0.3, 0.4) is 0 Å². The van der Waals surface area contributed by atoms with E-state index in [9.17, 15) is 19.2 Å². The number of carbonyl (C=O) groups is 4. The summed E-state index contributed by atoms with van der Waals surface area (Å²) in [5, 5.41) is 1.75. The van der Waals surface area contributed by atoms with Crippen LogP contribution < -0.4 is 0 Å². The smallest absolute Gasteiger partial charge is 0.348 e. The summed E-state index contributed by atoms with van der Waals surface area (Å²) in [4.78, 5) is 49.4. The molecule has 32 heavy (non-hydrogen) atoms. The summed E-state index contributed by atoms with van der Waals surface area (Å²) in [7, 11) is 2.49. The van der Waals surface area contributed by atoms with E-state index in [4.69, 9.17) is 14.2 Å². The number of aromatic nitrogens is 1. The van der Waals surface area contributed by atoms with Crippen molar-refractivity contribution in [1.82, 2.24) is 4.57 Å². The lowest BCUT2D eigenvalue weighted by atomic mass is 10.1. The maximum atomic E-state index is 12.7. The molecule has 8 nitrogen and oxygen atoms in total. The highest BCUT2D eigenvalue weighted by Crippen LogP contribution is 2.24. The lowest BCUT2D eigenvalue weighted by Gasteiger charge is -2.13. The number of esters is 3. The van der Waals surface area contributed by atoms with E-state index in [2.05, 4.69) is 0 Å². The van der Waals surface area contributed by atoms with E-state index in [1.54, 1.807) is 54.1 Å². The first kappa shape index (κ1) is 23.0. The normalized spacial score (nSPS) is 10.5. The molecule has 0 amide bonds. The zero-order valence-electron chi connectivity index (χ0n) is 18.0. The Balaban J connectivity index is 1.94. The van der Waals surface area contributed by atoms with E-state index in [0.29, 0.717) is 27.5 Å². The van der Waals surface area contributed by atoms with Crippen LogP contribution in [0, 0.1) is 13.8 Å². The van der Waals surface area contributed by atoms with Crippen molar-refractivity contribution in [2.45, 2.75) is 13.8 Å². The number of Topliss-reactive ketones (excluding diaryl/α,β-unsaturated/α-hetero) is 1. The van der Waals surface area contributed by atoms with Crippen LogP contribution in [-0.4, -0.2) is 49.1 Å². The molecule has 0 saturated heterocycles. The van der Waals surface area contributed by atoms with Gasteiger partial charge in [-0.05, 0) is 49.6 Å². The average molecular weight is 455 g/mol. The number of ether oxygens (including phenoxy) is 3. The molecule has 0 saturated carbocycles. The lowest BCUT2D eigenvalue weighted by molar-refractivity contribution is 0.0479. The molecule has 0 bridgehead atoms. The molecule has 0 atom stereocenters. The van der Waals surface area contributed by atoms with Gasteiger partial charge < -0.3 is 18.8 Å². The van der Waals surface area contributed by atoms with Crippen LogP contribution in [0.5, 0.6) is 0 Å². The van der Waals surface area contributed by atoms with E-state index >= 15 is 0 Å². The standard InChI is InChI=1S/C23H21NO7S/c1-13-8-18(19(25)12-31-23(28)20-6-5-7-32-20)14(2)24(13)17-10-15(21(26)29-3)9-16(11-17)22(27)30-4/h5-11H,12H2,1-4H3. The van der Waals surface area contributed by atoms with E-state index < -0.39 is 24.5 Å². The van der Waals surface area contributed by atoms with Gasteiger partial charge in [-0.15, -0.1) is 11.3 Å². The Labute approximate surface area is 188 Å². The summed E-state index contributed by atoms with van der Waals surface area (Å²) >= 11 is 1.23. The molecule has 3 aromatic rings. The molecule has 0 aliphatic heterocycles. The fraction of sp³-hybridized carbons (Fsp3) is 0.217. The van der Waals surface area contributed by atoms with Crippen molar-refractivity contribution in [2.75, 3.05) is 20.8 Å². The van der Waals surface area contributed by atoms with Gasteiger partial charge in [0, 0.05) is 22.6 Å². The summed E-state index contributed by atoms with van der Waals surface area (Å²) in [6.07, 6.45) is 0. The van der Waals surface area contributed by atoms with Crippen LogP contribution >= 0.6 is 11.3 Å². The minimum absolute atomic E-state index is 0.163. The highest BCUT2D eigenvalue weighted by Gasteiger charge is 2.21. The van der Waals surface area contributed by atoms with Crippen LogP contribution in [-0.2, 0) is 14.2 Å². The number of benzene rings is 1. The Morgan fingerprint density at radius 3 is 2.06 bits per heavy atom. The molecular formula is C23H21NO7S. The van der Waals surface area contributed by atoms with Gasteiger partial charge in [-0.2, -0.15) is 0 Å². The molecule has 166 valence electrons. The van der Waals surface area contributed by atoms with E-state index in [1.807, 2.05) is 0 Å². The molecule has 0 unspecified atom stereocenters. The number of hydrogen-bond donors (Lipinski definition) is 0. The van der Waals surface area contributed by atoms with Gasteiger partial charge in [0.1, 0.15) is 4.88 Å². The monoisotopic (exact) mass is 455 g/mol. The third-order valence-corrected chi connectivity index (χ3v) is 5.66. The SMILES string of the molecule is COC(=O)c1cc(C(=O)OC)cc(-n2c(C)cc(C(=O)COC(=O)c3cccs3)c2C)c1. The van der Waals surface area contributed by atoms with E-state index in [0.717, 1.165) is 0 Å². The molecule has 9 heteroatoms. The molecule has 0 N–H and O–H groups in total. The third kappa shape index (κ3) is 4.62. The number of carbonyl (C=O) groups excluding carboxylic acids is 4. The van der Waals surface area contributed by atoms with E-state index in [-0.39, 0.29) is 16.9 Å². The molecule has 2 heterocycles. The van der Waals surface area contributed by atoms with Crippen molar-refractivity contribution in [3.8, 4) is 5.69 Å². The van der Waals surface area contributed by atoms with Gasteiger partial charge in [0.2, 0.25) is 5.78 Å². The Kier molecular flexibility index (Phi) is 6.89. The number of methoxy groups -OCH3 is 2. The molecule has 3 rings (SSSR count). The first-order valence-corrected chi connectivity index (χ1v) is 10.4. The lowest BCUT2D eigenvalue weighted by Crippen LogP contribution is -2.14. The van der Waals surface area contributed by atoms with Gasteiger partial charge >= 0.3 is 17.9 Å². The fourth-order valence-electron chi connectivity index (χ4n) is 3.33. The Bertz CT molecular complexity index is 1160. The molecule has 0 spiro atoms. The highest BCUT2D eigenvalue weighted by molar-refractivity contribution is 7.11. The molecule has 0 fully saturated rings. The number of aryl methyl sites for hydroxylation is 1. The van der Waals surface area contributed by atoms with Gasteiger partial charge in [-0.1, -0.05) is 6.07 Å². The van der Waals surface area contributed by atoms with Crippen molar-refractivity contribution in [3.05, 3.63) is 74.7 Å². The molecule has 0 aliphatic rings. The van der Waals surface area contributed by atoms with Gasteiger partial charge in [0.15, 0.2) is 6.61 Å². The Morgan fingerprint density at radius 2 is 1.53 bits per heavy atom.